The van der Waals surface area contributed by atoms with E-state index < -0.39 is 0 Å². The minimum Gasteiger partial charge on any atom is -0.492 e. The minimum atomic E-state index is -0.0671. The lowest BCUT2D eigenvalue weighted by Gasteiger charge is -2.11. The first-order valence-corrected chi connectivity index (χ1v) is 5.92. The zero-order valence-electron chi connectivity index (χ0n) is 10.0. The third-order valence-corrected chi connectivity index (χ3v) is 2.35. The van der Waals surface area contributed by atoms with Crippen molar-refractivity contribution in [1.82, 2.24) is 5.32 Å². The van der Waals surface area contributed by atoms with E-state index in [1.807, 2.05) is 6.92 Å². The number of amides is 1. The molecular formula is C12H17ClN2O2. The van der Waals surface area contributed by atoms with E-state index in [0.29, 0.717) is 36.0 Å². The summed E-state index contributed by atoms with van der Waals surface area (Å²) in [5, 5.41) is 6.27. The molecule has 94 valence electrons. The van der Waals surface area contributed by atoms with Crippen molar-refractivity contribution < 1.29 is 9.53 Å². The zero-order chi connectivity index (χ0) is 12.7. The Kier molecular flexibility index (Phi) is 5.80. The maximum absolute atomic E-state index is 11.6. The number of ether oxygens (including phenoxy) is 1. The van der Waals surface area contributed by atoms with Crippen LogP contribution in [-0.2, 0) is 4.79 Å². The molecule has 0 aliphatic heterocycles. The van der Waals surface area contributed by atoms with Gasteiger partial charge in [0.2, 0.25) is 5.91 Å². The van der Waals surface area contributed by atoms with E-state index in [1.165, 1.54) is 0 Å². The number of hydrogen-bond donors (Lipinski definition) is 2. The van der Waals surface area contributed by atoms with Gasteiger partial charge in [0.1, 0.15) is 5.75 Å². The fourth-order valence-electron chi connectivity index (χ4n) is 1.33. The highest BCUT2D eigenvalue weighted by atomic mass is 35.5. The number of halogens is 1. The number of benzene rings is 1. The van der Waals surface area contributed by atoms with Crippen LogP contribution in [0.15, 0.2) is 18.2 Å². The van der Waals surface area contributed by atoms with Gasteiger partial charge in [0.05, 0.1) is 12.3 Å². The molecule has 0 heterocycles. The lowest BCUT2D eigenvalue weighted by atomic mass is 10.2. The summed E-state index contributed by atoms with van der Waals surface area (Å²) in [4.78, 5) is 11.6. The summed E-state index contributed by atoms with van der Waals surface area (Å²) in [6.07, 6.45) is 0.411. The predicted molar refractivity (Wildman–Crippen MR) is 69.8 cm³/mol. The molecule has 0 aliphatic rings. The minimum absolute atomic E-state index is 0.0671. The average Bonchev–Trinajstić information content (AvgIpc) is 2.30. The van der Waals surface area contributed by atoms with Crippen LogP contribution in [0.5, 0.6) is 5.75 Å². The molecule has 0 atom stereocenters. The van der Waals surface area contributed by atoms with E-state index in [9.17, 15) is 4.79 Å². The quantitative estimate of drug-likeness (QED) is 0.821. The second kappa shape index (κ2) is 7.14. The maximum atomic E-state index is 11.6. The van der Waals surface area contributed by atoms with Crippen molar-refractivity contribution in [3.8, 4) is 5.75 Å². The Morgan fingerprint density at radius 2 is 2.24 bits per heavy atom. The van der Waals surface area contributed by atoms with Crippen molar-refractivity contribution >= 4 is 23.2 Å². The smallest absolute Gasteiger partial charge is 0.225 e. The number of anilines is 1. The second-order valence-electron chi connectivity index (χ2n) is 3.48. The van der Waals surface area contributed by atoms with Gasteiger partial charge in [0.25, 0.3) is 0 Å². The second-order valence-corrected chi connectivity index (χ2v) is 3.91. The number of hydrogen-bond acceptors (Lipinski definition) is 3. The van der Waals surface area contributed by atoms with Gasteiger partial charge in [0, 0.05) is 18.0 Å². The predicted octanol–water partition coefficient (Wildman–Crippen LogP) is 2.29. The zero-order valence-corrected chi connectivity index (χ0v) is 10.8. The summed E-state index contributed by atoms with van der Waals surface area (Å²) in [7, 11) is 1.80. The summed E-state index contributed by atoms with van der Waals surface area (Å²) in [5.41, 5.74) is 0.612. The van der Waals surface area contributed by atoms with Gasteiger partial charge in [-0.3, -0.25) is 4.79 Å². The summed E-state index contributed by atoms with van der Waals surface area (Å²) in [6.45, 7) is 3.07. The van der Waals surface area contributed by atoms with Crippen molar-refractivity contribution in [3.63, 3.8) is 0 Å². The van der Waals surface area contributed by atoms with Crippen LogP contribution in [0.4, 0.5) is 5.69 Å². The number of rotatable bonds is 6. The molecule has 0 saturated heterocycles. The summed E-state index contributed by atoms with van der Waals surface area (Å²) in [5.74, 6) is 0.567. The van der Waals surface area contributed by atoms with E-state index >= 15 is 0 Å². The first kappa shape index (κ1) is 13.8. The Hall–Kier alpha value is -1.26. The lowest BCUT2D eigenvalue weighted by Crippen LogP contribution is -2.19. The Labute approximate surface area is 106 Å². The van der Waals surface area contributed by atoms with Gasteiger partial charge in [-0.1, -0.05) is 11.6 Å². The molecule has 0 aliphatic carbocycles. The lowest BCUT2D eigenvalue weighted by molar-refractivity contribution is -0.116. The van der Waals surface area contributed by atoms with Crippen molar-refractivity contribution in [2.75, 3.05) is 25.5 Å². The average molecular weight is 257 g/mol. The molecule has 1 aromatic rings. The van der Waals surface area contributed by atoms with E-state index in [2.05, 4.69) is 10.6 Å². The highest BCUT2D eigenvalue weighted by Crippen LogP contribution is 2.28. The van der Waals surface area contributed by atoms with Gasteiger partial charge in [-0.25, -0.2) is 0 Å². The first-order chi connectivity index (χ1) is 8.17. The summed E-state index contributed by atoms with van der Waals surface area (Å²) in [6, 6.07) is 5.17. The summed E-state index contributed by atoms with van der Waals surface area (Å²) >= 11 is 5.89. The standard InChI is InChI=1S/C12H17ClN2O2/c1-3-17-11-5-4-9(13)8-10(11)15-12(16)6-7-14-2/h4-5,8,14H,3,6-7H2,1-2H3,(H,15,16). The van der Waals surface area contributed by atoms with Crippen molar-refractivity contribution in [1.29, 1.82) is 0 Å². The Morgan fingerprint density at radius 3 is 2.88 bits per heavy atom. The van der Waals surface area contributed by atoms with Crippen molar-refractivity contribution in [2.24, 2.45) is 0 Å². The van der Waals surface area contributed by atoms with Gasteiger partial charge in [-0.2, -0.15) is 0 Å². The van der Waals surface area contributed by atoms with Gasteiger partial charge in [-0.05, 0) is 32.2 Å². The maximum Gasteiger partial charge on any atom is 0.225 e. The molecule has 0 aromatic heterocycles. The molecule has 0 fully saturated rings. The normalized spacial score (nSPS) is 10.1. The molecule has 0 unspecified atom stereocenters. The topological polar surface area (TPSA) is 50.4 Å². The molecule has 5 heteroatoms. The van der Waals surface area contributed by atoms with Gasteiger partial charge in [-0.15, -0.1) is 0 Å². The number of carbonyl (C=O) groups is 1. The van der Waals surface area contributed by atoms with Gasteiger partial charge < -0.3 is 15.4 Å². The molecule has 1 amide bonds. The molecular weight excluding hydrogens is 240 g/mol. The molecule has 17 heavy (non-hydrogen) atoms. The van der Waals surface area contributed by atoms with E-state index in [4.69, 9.17) is 16.3 Å². The van der Waals surface area contributed by atoms with Crippen molar-refractivity contribution in [2.45, 2.75) is 13.3 Å². The monoisotopic (exact) mass is 256 g/mol. The fraction of sp³-hybridized carbons (Fsp3) is 0.417. The fourth-order valence-corrected chi connectivity index (χ4v) is 1.50. The van der Waals surface area contributed by atoms with Crippen LogP contribution in [0.1, 0.15) is 13.3 Å². The van der Waals surface area contributed by atoms with E-state index in [-0.39, 0.29) is 5.91 Å². The Morgan fingerprint density at radius 1 is 1.47 bits per heavy atom. The van der Waals surface area contributed by atoms with Crippen LogP contribution in [0.3, 0.4) is 0 Å². The largest absolute Gasteiger partial charge is 0.492 e. The molecule has 1 rings (SSSR count). The van der Waals surface area contributed by atoms with Gasteiger partial charge >= 0.3 is 0 Å². The highest BCUT2D eigenvalue weighted by Gasteiger charge is 2.08. The van der Waals surface area contributed by atoms with Crippen LogP contribution < -0.4 is 15.4 Å². The van der Waals surface area contributed by atoms with Crippen molar-refractivity contribution in [3.05, 3.63) is 23.2 Å². The third-order valence-electron chi connectivity index (χ3n) is 2.12. The molecule has 4 nitrogen and oxygen atoms in total. The van der Waals surface area contributed by atoms with Crippen LogP contribution >= 0.6 is 11.6 Å². The van der Waals surface area contributed by atoms with Gasteiger partial charge in [0.15, 0.2) is 0 Å². The van der Waals surface area contributed by atoms with E-state index in [0.717, 1.165) is 0 Å². The van der Waals surface area contributed by atoms with Crippen LogP contribution in [0.2, 0.25) is 5.02 Å². The molecule has 0 bridgehead atoms. The van der Waals surface area contributed by atoms with Crippen LogP contribution in [0, 0.1) is 0 Å². The number of nitrogens with one attached hydrogen (secondary N) is 2. The third kappa shape index (κ3) is 4.63. The summed E-state index contributed by atoms with van der Waals surface area (Å²) < 4.78 is 5.41. The first-order valence-electron chi connectivity index (χ1n) is 5.54. The molecule has 0 radical (unpaired) electrons. The highest BCUT2D eigenvalue weighted by molar-refractivity contribution is 6.31. The SMILES string of the molecule is CCOc1ccc(Cl)cc1NC(=O)CCNC. The van der Waals surface area contributed by atoms with E-state index in [1.54, 1.807) is 25.2 Å². The Bertz CT molecular complexity index is 383. The number of carbonyl (C=O) groups excluding carboxylic acids is 1. The Balaban J connectivity index is 2.73. The van der Waals surface area contributed by atoms with Crippen LogP contribution in [-0.4, -0.2) is 26.1 Å². The molecule has 1 aromatic carbocycles. The van der Waals surface area contributed by atoms with Crippen LogP contribution in [0.25, 0.3) is 0 Å². The molecule has 0 saturated carbocycles. The molecule has 0 spiro atoms. The molecule has 2 N–H and O–H groups in total.